The summed E-state index contributed by atoms with van der Waals surface area (Å²) in [4.78, 5) is 11.8. The molecule has 0 bridgehead atoms. The van der Waals surface area contributed by atoms with Crippen molar-refractivity contribution in [2.45, 2.75) is 52.3 Å². The third-order valence-corrected chi connectivity index (χ3v) is 2.88. The van der Waals surface area contributed by atoms with Crippen LogP contribution in [0, 0.1) is 0 Å². The highest BCUT2D eigenvalue weighted by Crippen LogP contribution is 2.25. The molecule has 1 rings (SSSR count). The van der Waals surface area contributed by atoms with Crippen molar-refractivity contribution < 1.29 is 9.53 Å². The van der Waals surface area contributed by atoms with Crippen LogP contribution in [0.4, 0.5) is 0 Å². The summed E-state index contributed by atoms with van der Waals surface area (Å²) in [5.74, 6) is 0.671. The summed E-state index contributed by atoms with van der Waals surface area (Å²) >= 11 is 0. The molecule has 19 heavy (non-hydrogen) atoms. The molecule has 2 atom stereocenters. The van der Waals surface area contributed by atoms with Gasteiger partial charge in [0.15, 0.2) is 0 Å². The zero-order valence-corrected chi connectivity index (χ0v) is 12.1. The maximum absolute atomic E-state index is 11.8. The van der Waals surface area contributed by atoms with E-state index in [4.69, 9.17) is 10.5 Å². The molecule has 1 amide bonds. The second kappa shape index (κ2) is 7.14. The van der Waals surface area contributed by atoms with Crippen LogP contribution in [0.5, 0.6) is 5.75 Å². The summed E-state index contributed by atoms with van der Waals surface area (Å²) in [5, 5.41) is 2.92. The maximum Gasteiger partial charge on any atom is 0.237 e. The van der Waals surface area contributed by atoms with Crippen LogP contribution in [0.1, 0.15) is 45.7 Å². The zero-order valence-electron chi connectivity index (χ0n) is 12.1. The van der Waals surface area contributed by atoms with Gasteiger partial charge in [-0.15, -0.1) is 0 Å². The van der Waals surface area contributed by atoms with Crippen molar-refractivity contribution in [1.29, 1.82) is 0 Å². The molecule has 0 aliphatic rings. The first-order valence-corrected chi connectivity index (χ1v) is 6.77. The monoisotopic (exact) mass is 264 g/mol. The van der Waals surface area contributed by atoms with Crippen LogP contribution in [0.3, 0.4) is 0 Å². The van der Waals surface area contributed by atoms with Gasteiger partial charge in [0.25, 0.3) is 0 Å². The quantitative estimate of drug-likeness (QED) is 0.829. The predicted molar refractivity (Wildman–Crippen MR) is 77.0 cm³/mol. The van der Waals surface area contributed by atoms with E-state index >= 15 is 0 Å². The number of nitrogens with two attached hydrogens (primary N) is 1. The summed E-state index contributed by atoms with van der Waals surface area (Å²) < 4.78 is 5.75. The Morgan fingerprint density at radius 1 is 1.32 bits per heavy atom. The van der Waals surface area contributed by atoms with Crippen LogP contribution in [0.25, 0.3) is 0 Å². The lowest BCUT2D eigenvalue weighted by atomic mass is 10.1. The van der Waals surface area contributed by atoms with Gasteiger partial charge in [0.05, 0.1) is 18.2 Å². The molecule has 0 heterocycles. The second-order valence-electron chi connectivity index (χ2n) is 4.95. The zero-order chi connectivity index (χ0) is 14.4. The molecule has 0 aliphatic carbocycles. The van der Waals surface area contributed by atoms with Crippen LogP contribution in [0.2, 0.25) is 0 Å². The molecule has 0 aromatic heterocycles. The van der Waals surface area contributed by atoms with Gasteiger partial charge in [-0.3, -0.25) is 4.79 Å². The molecular weight excluding hydrogens is 240 g/mol. The first-order chi connectivity index (χ1) is 8.95. The van der Waals surface area contributed by atoms with Gasteiger partial charge in [0.1, 0.15) is 5.75 Å². The van der Waals surface area contributed by atoms with E-state index in [-0.39, 0.29) is 18.1 Å². The average Bonchev–Trinajstić information content (AvgIpc) is 2.37. The first kappa shape index (κ1) is 15.5. The van der Waals surface area contributed by atoms with E-state index in [0.717, 1.165) is 11.3 Å². The number of ether oxygens (including phenoxy) is 1. The summed E-state index contributed by atoms with van der Waals surface area (Å²) in [5.41, 5.74) is 6.68. The molecular formula is C15H24N2O2. The van der Waals surface area contributed by atoms with Crippen LogP contribution in [0.15, 0.2) is 24.3 Å². The molecule has 0 aliphatic heterocycles. The summed E-state index contributed by atoms with van der Waals surface area (Å²) in [6.45, 7) is 7.79. The van der Waals surface area contributed by atoms with Crippen molar-refractivity contribution >= 4 is 5.91 Å². The van der Waals surface area contributed by atoms with Crippen LogP contribution in [-0.4, -0.2) is 18.1 Å². The number of nitrogens with one attached hydrogen (secondary N) is 1. The standard InChI is InChI=1S/C15H24N2O2/c1-5-13(16)15(18)17-11(4)12-8-6-7-9-14(12)19-10(2)3/h6-11,13H,5,16H2,1-4H3,(H,17,18). The normalized spacial score (nSPS) is 14.0. The highest BCUT2D eigenvalue weighted by atomic mass is 16.5. The highest BCUT2D eigenvalue weighted by Gasteiger charge is 2.17. The number of benzene rings is 1. The number of hydrogen-bond donors (Lipinski definition) is 2. The van der Waals surface area contributed by atoms with E-state index < -0.39 is 6.04 Å². The third-order valence-electron chi connectivity index (χ3n) is 2.88. The van der Waals surface area contributed by atoms with E-state index in [2.05, 4.69) is 5.32 Å². The molecule has 0 saturated heterocycles. The minimum atomic E-state index is -0.458. The van der Waals surface area contributed by atoms with Gasteiger partial charge >= 0.3 is 0 Å². The number of para-hydroxylation sites is 1. The van der Waals surface area contributed by atoms with Gasteiger partial charge in [-0.2, -0.15) is 0 Å². The van der Waals surface area contributed by atoms with E-state index in [0.29, 0.717) is 6.42 Å². The summed E-state index contributed by atoms with van der Waals surface area (Å²) in [6.07, 6.45) is 0.727. The minimum absolute atomic E-state index is 0.0990. The molecule has 4 heteroatoms. The Labute approximate surface area is 115 Å². The molecule has 0 radical (unpaired) electrons. The van der Waals surface area contributed by atoms with E-state index in [9.17, 15) is 4.79 Å². The van der Waals surface area contributed by atoms with Crippen LogP contribution in [-0.2, 0) is 4.79 Å². The number of rotatable bonds is 6. The topological polar surface area (TPSA) is 64.4 Å². The van der Waals surface area contributed by atoms with Crippen molar-refractivity contribution in [3.63, 3.8) is 0 Å². The Hall–Kier alpha value is -1.55. The number of carbonyl (C=O) groups is 1. The van der Waals surface area contributed by atoms with Gasteiger partial charge in [0.2, 0.25) is 5.91 Å². The summed E-state index contributed by atoms with van der Waals surface area (Å²) in [6, 6.07) is 7.15. The third kappa shape index (κ3) is 4.56. The fourth-order valence-corrected chi connectivity index (χ4v) is 1.78. The van der Waals surface area contributed by atoms with Crippen molar-refractivity contribution in [1.82, 2.24) is 5.32 Å². The van der Waals surface area contributed by atoms with Crippen molar-refractivity contribution in [3.05, 3.63) is 29.8 Å². The van der Waals surface area contributed by atoms with Gasteiger partial charge < -0.3 is 15.8 Å². The Kier molecular flexibility index (Phi) is 5.83. The molecule has 1 aromatic carbocycles. The van der Waals surface area contributed by atoms with Gasteiger partial charge in [-0.05, 0) is 33.3 Å². The lowest BCUT2D eigenvalue weighted by molar-refractivity contribution is -0.123. The molecule has 0 fully saturated rings. The molecule has 3 N–H and O–H groups in total. The Morgan fingerprint density at radius 2 is 1.95 bits per heavy atom. The molecule has 0 saturated carbocycles. The van der Waals surface area contributed by atoms with Crippen LogP contribution >= 0.6 is 0 Å². The van der Waals surface area contributed by atoms with Crippen molar-refractivity contribution in [3.8, 4) is 5.75 Å². The summed E-state index contributed by atoms with van der Waals surface area (Å²) in [7, 11) is 0. The lowest BCUT2D eigenvalue weighted by Crippen LogP contribution is -2.41. The smallest absolute Gasteiger partial charge is 0.237 e. The van der Waals surface area contributed by atoms with E-state index in [1.54, 1.807) is 0 Å². The molecule has 1 aromatic rings. The first-order valence-electron chi connectivity index (χ1n) is 6.77. The lowest BCUT2D eigenvalue weighted by Gasteiger charge is -2.21. The second-order valence-corrected chi connectivity index (χ2v) is 4.95. The van der Waals surface area contributed by atoms with Gasteiger partial charge in [-0.1, -0.05) is 25.1 Å². The van der Waals surface area contributed by atoms with Crippen molar-refractivity contribution in [2.75, 3.05) is 0 Å². The molecule has 4 nitrogen and oxygen atoms in total. The van der Waals surface area contributed by atoms with Crippen molar-refractivity contribution in [2.24, 2.45) is 5.73 Å². The number of carbonyl (C=O) groups excluding carboxylic acids is 1. The van der Waals surface area contributed by atoms with Gasteiger partial charge in [-0.25, -0.2) is 0 Å². The molecule has 2 unspecified atom stereocenters. The number of amides is 1. The number of hydrogen-bond acceptors (Lipinski definition) is 3. The maximum atomic E-state index is 11.8. The Morgan fingerprint density at radius 3 is 2.53 bits per heavy atom. The predicted octanol–water partition coefficient (Wildman–Crippen LogP) is 2.39. The Balaban J connectivity index is 2.81. The molecule has 0 spiro atoms. The highest BCUT2D eigenvalue weighted by molar-refractivity contribution is 5.81. The fraction of sp³-hybridized carbons (Fsp3) is 0.533. The molecule has 106 valence electrons. The van der Waals surface area contributed by atoms with Crippen LogP contribution < -0.4 is 15.8 Å². The fourth-order valence-electron chi connectivity index (χ4n) is 1.78. The SMILES string of the molecule is CCC(N)C(=O)NC(C)c1ccccc1OC(C)C. The minimum Gasteiger partial charge on any atom is -0.491 e. The average molecular weight is 264 g/mol. The van der Waals surface area contributed by atoms with E-state index in [1.165, 1.54) is 0 Å². The largest absolute Gasteiger partial charge is 0.491 e. The van der Waals surface area contributed by atoms with E-state index in [1.807, 2.05) is 52.0 Å². The van der Waals surface area contributed by atoms with Gasteiger partial charge in [0, 0.05) is 5.56 Å². The Bertz CT molecular complexity index is 418.